The first kappa shape index (κ1) is 14.5. The molecular weight excluding hydrogens is 397 g/mol. The zero-order chi connectivity index (χ0) is 14.8. The van der Waals surface area contributed by atoms with Crippen LogP contribution in [0.4, 0.5) is 10.1 Å². The van der Waals surface area contributed by atoms with Crippen molar-refractivity contribution in [3.63, 3.8) is 0 Å². The largest absolute Gasteiger partial charge is 0.381 e. The van der Waals surface area contributed by atoms with Gasteiger partial charge in [0.1, 0.15) is 5.82 Å². The summed E-state index contributed by atoms with van der Waals surface area (Å²) in [5.41, 5.74) is 1.91. The summed E-state index contributed by atoms with van der Waals surface area (Å²) in [5.74, 6) is -0.224. The third kappa shape index (κ3) is 3.44. The lowest BCUT2D eigenvalue weighted by atomic mass is 10.1. The van der Waals surface area contributed by atoms with Crippen molar-refractivity contribution in [2.75, 3.05) is 5.32 Å². The molecule has 1 nitrogen and oxygen atoms in total. The minimum atomic E-state index is -0.224. The second-order valence-electron chi connectivity index (χ2n) is 4.80. The molecule has 3 aromatic rings. The van der Waals surface area contributed by atoms with Crippen LogP contribution in [-0.4, -0.2) is 0 Å². The van der Waals surface area contributed by atoms with E-state index in [2.05, 4.69) is 61.4 Å². The molecule has 4 heteroatoms. The third-order valence-corrected chi connectivity index (χ3v) is 4.56. The van der Waals surface area contributed by atoms with Gasteiger partial charge in [0.2, 0.25) is 0 Å². The maximum absolute atomic E-state index is 13.3. The van der Waals surface area contributed by atoms with Crippen molar-refractivity contribution >= 4 is 48.3 Å². The lowest BCUT2D eigenvalue weighted by Gasteiger charge is -2.09. The number of nitrogens with one attached hydrogen (secondary N) is 1. The van der Waals surface area contributed by atoms with E-state index in [0.29, 0.717) is 6.54 Å². The first-order chi connectivity index (χ1) is 10.1. The van der Waals surface area contributed by atoms with Crippen molar-refractivity contribution in [2.24, 2.45) is 0 Å². The maximum atomic E-state index is 13.3. The van der Waals surface area contributed by atoms with Crippen LogP contribution in [-0.2, 0) is 6.54 Å². The quantitative estimate of drug-likeness (QED) is 0.550. The summed E-state index contributed by atoms with van der Waals surface area (Å²) in [6.07, 6.45) is 0. The Hall–Kier alpha value is -1.39. The summed E-state index contributed by atoms with van der Waals surface area (Å²) in [6.45, 7) is 0.570. The Morgan fingerprint density at radius 1 is 0.857 bits per heavy atom. The highest BCUT2D eigenvalue weighted by atomic mass is 79.9. The minimum absolute atomic E-state index is 0.224. The Labute approximate surface area is 139 Å². The van der Waals surface area contributed by atoms with E-state index in [9.17, 15) is 4.39 Å². The zero-order valence-electron chi connectivity index (χ0n) is 11.0. The highest BCUT2D eigenvalue weighted by molar-refractivity contribution is 9.10. The fourth-order valence-electron chi connectivity index (χ4n) is 2.20. The highest BCUT2D eigenvalue weighted by Crippen LogP contribution is 2.24. The van der Waals surface area contributed by atoms with Crippen LogP contribution in [0.1, 0.15) is 5.56 Å². The Bertz CT molecular complexity index is 802. The Kier molecular flexibility index (Phi) is 4.27. The van der Waals surface area contributed by atoms with Gasteiger partial charge in [0, 0.05) is 21.2 Å². The summed E-state index contributed by atoms with van der Waals surface area (Å²) in [7, 11) is 0. The maximum Gasteiger partial charge on any atom is 0.123 e. The molecule has 0 radical (unpaired) electrons. The average molecular weight is 409 g/mol. The van der Waals surface area contributed by atoms with Gasteiger partial charge in [-0.15, -0.1) is 0 Å². The summed E-state index contributed by atoms with van der Waals surface area (Å²) in [6, 6.07) is 17.1. The molecular formula is C17H12Br2FN. The molecule has 0 heterocycles. The van der Waals surface area contributed by atoms with Gasteiger partial charge in [0.15, 0.2) is 0 Å². The molecule has 0 bridgehead atoms. The van der Waals surface area contributed by atoms with Gasteiger partial charge >= 0.3 is 0 Å². The Balaban J connectivity index is 1.82. The van der Waals surface area contributed by atoms with Crippen molar-refractivity contribution in [1.29, 1.82) is 0 Å². The first-order valence-corrected chi connectivity index (χ1v) is 8.07. The lowest BCUT2D eigenvalue weighted by Crippen LogP contribution is -2.00. The molecule has 0 aliphatic heterocycles. The van der Waals surface area contributed by atoms with E-state index in [1.165, 1.54) is 22.9 Å². The van der Waals surface area contributed by atoms with Gasteiger partial charge in [0.05, 0.1) is 0 Å². The molecule has 3 rings (SSSR count). The van der Waals surface area contributed by atoms with Crippen molar-refractivity contribution in [3.05, 3.63) is 74.9 Å². The number of hydrogen-bond acceptors (Lipinski definition) is 1. The SMILES string of the molecule is Fc1ccc(Br)c(CNc2ccc3cc(Br)ccc3c2)c1. The van der Waals surface area contributed by atoms with Crippen LogP contribution in [0.3, 0.4) is 0 Å². The fraction of sp³-hybridized carbons (Fsp3) is 0.0588. The monoisotopic (exact) mass is 407 g/mol. The number of fused-ring (bicyclic) bond motifs is 1. The number of anilines is 1. The normalized spacial score (nSPS) is 10.8. The van der Waals surface area contributed by atoms with E-state index in [-0.39, 0.29) is 5.82 Å². The van der Waals surface area contributed by atoms with Crippen LogP contribution in [0, 0.1) is 5.82 Å². The van der Waals surface area contributed by atoms with Gasteiger partial charge < -0.3 is 5.32 Å². The van der Waals surface area contributed by atoms with E-state index in [0.717, 1.165) is 20.2 Å². The van der Waals surface area contributed by atoms with Gasteiger partial charge in [-0.2, -0.15) is 0 Å². The third-order valence-electron chi connectivity index (χ3n) is 3.29. The molecule has 0 fully saturated rings. The molecule has 21 heavy (non-hydrogen) atoms. The van der Waals surface area contributed by atoms with Crippen molar-refractivity contribution < 1.29 is 4.39 Å². The minimum Gasteiger partial charge on any atom is -0.381 e. The molecule has 0 atom stereocenters. The van der Waals surface area contributed by atoms with E-state index < -0.39 is 0 Å². The summed E-state index contributed by atoms with van der Waals surface area (Å²) in [4.78, 5) is 0. The van der Waals surface area contributed by atoms with Gasteiger partial charge in [-0.05, 0) is 58.8 Å². The summed E-state index contributed by atoms with van der Waals surface area (Å²) in [5, 5.41) is 5.68. The molecule has 0 spiro atoms. The van der Waals surface area contributed by atoms with E-state index in [4.69, 9.17) is 0 Å². The van der Waals surface area contributed by atoms with Crippen LogP contribution < -0.4 is 5.32 Å². The summed E-state index contributed by atoms with van der Waals surface area (Å²) < 4.78 is 15.2. The van der Waals surface area contributed by atoms with Crippen LogP contribution in [0.15, 0.2) is 63.5 Å². The van der Waals surface area contributed by atoms with Crippen molar-refractivity contribution in [2.45, 2.75) is 6.54 Å². The molecule has 3 aromatic carbocycles. The van der Waals surface area contributed by atoms with Crippen molar-refractivity contribution in [3.8, 4) is 0 Å². The number of rotatable bonds is 3. The Morgan fingerprint density at radius 3 is 2.48 bits per heavy atom. The first-order valence-electron chi connectivity index (χ1n) is 6.49. The van der Waals surface area contributed by atoms with Crippen LogP contribution in [0.25, 0.3) is 10.8 Å². The second kappa shape index (κ2) is 6.16. The molecule has 0 unspecified atom stereocenters. The van der Waals surface area contributed by atoms with E-state index >= 15 is 0 Å². The van der Waals surface area contributed by atoms with Crippen LogP contribution in [0.5, 0.6) is 0 Å². The fourth-order valence-corrected chi connectivity index (χ4v) is 2.97. The van der Waals surface area contributed by atoms with Gasteiger partial charge in [-0.25, -0.2) is 4.39 Å². The lowest BCUT2D eigenvalue weighted by molar-refractivity contribution is 0.625. The predicted molar refractivity (Wildman–Crippen MR) is 93.1 cm³/mol. The molecule has 0 aliphatic carbocycles. The molecule has 0 aromatic heterocycles. The standard InChI is InChI=1S/C17H12Br2FN/c18-14-3-1-12-9-16(5-2-11(12)7-14)21-10-13-8-15(20)4-6-17(13)19/h1-9,21H,10H2. The zero-order valence-corrected chi connectivity index (χ0v) is 14.2. The molecule has 0 aliphatic rings. The van der Waals surface area contributed by atoms with E-state index in [1.807, 2.05) is 12.1 Å². The Morgan fingerprint density at radius 2 is 1.62 bits per heavy atom. The number of halogens is 3. The molecule has 0 saturated carbocycles. The highest BCUT2D eigenvalue weighted by Gasteiger charge is 2.03. The molecule has 106 valence electrons. The van der Waals surface area contributed by atoms with E-state index in [1.54, 1.807) is 6.07 Å². The van der Waals surface area contributed by atoms with Gasteiger partial charge in [-0.1, -0.05) is 44.0 Å². The van der Waals surface area contributed by atoms with Gasteiger partial charge in [0.25, 0.3) is 0 Å². The number of hydrogen-bond donors (Lipinski definition) is 1. The van der Waals surface area contributed by atoms with Crippen LogP contribution >= 0.6 is 31.9 Å². The van der Waals surface area contributed by atoms with Crippen LogP contribution in [0.2, 0.25) is 0 Å². The second-order valence-corrected chi connectivity index (χ2v) is 6.57. The molecule has 0 saturated heterocycles. The molecule has 1 N–H and O–H groups in total. The topological polar surface area (TPSA) is 12.0 Å². The molecule has 0 amide bonds. The predicted octanol–water partition coefficient (Wildman–Crippen LogP) is 6.12. The average Bonchev–Trinajstić information content (AvgIpc) is 2.48. The number of benzene rings is 3. The van der Waals surface area contributed by atoms with Gasteiger partial charge in [-0.3, -0.25) is 0 Å². The summed E-state index contributed by atoms with van der Waals surface area (Å²) >= 11 is 6.91. The van der Waals surface area contributed by atoms with Crippen molar-refractivity contribution in [1.82, 2.24) is 0 Å². The smallest absolute Gasteiger partial charge is 0.123 e.